The van der Waals surface area contributed by atoms with E-state index in [1.165, 1.54) is 12.1 Å². The highest BCUT2D eigenvalue weighted by molar-refractivity contribution is 6.04. The van der Waals surface area contributed by atoms with E-state index in [2.05, 4.69) is 4.98 Å². The number of benzene rings is 2. The van der Waals surface area contributed by atoms with Crippen molar-refractivity contribution in [1.29, 1.82) is 0 Å². The number of aromatic nitrogens is 1. The second kappa shape index (κ2) is 5.70. The van der Waals surface area contributed by atoms with E-state index in [0.717, 1.165) is 12.1 Å². The maximum absolute atomic E-state index is 14.1. The van der Waals surface area contributed by atoms with Gasteiger partial charge in [-0.05, 0) is 24.3 Å². The number of hydrogen-bond donors (Lipinski definition) is 1. The van der Waals surface area contributed by atoms with Crippen LogP contribution >= 0.6 is 0 Å². The summed E-state index contributed by atoms with van der Waals surface area (Å²) >= 11 is 0. The summed E-state index contributed by atoms with van der Waals surface area (Å²) < 4.78 is 38.1. The van der Waals surface area contributed by atoms with E-state index in [1.54, 1.807) is 12.1 Å². The predicted molar refractivity (Wildman–Crippen MR) is 85.0 cm³/mol. The van der Waals surface area contributed by atoms with Gasteiger partial charge in [-0.3, -0.25) is 0 Å². The van der Waals surface area contributed by atoms with E-state index in [-0.39, 0.29) is 16.8 Å². The minimum Gasteiger partial charge on any atom is -0.486 e. The molecule has 1 aromatic heterocycles. The molecule has 4 rings (SSSR count). The molecule has 2 aromatic carbocycles. The number of carboxylic acids is 1. The first-order chi connectivity index (χ1) is 12.0. The molecule has 1 N–H and O–H groups in total. The molecule has 0 saturated heterocycles. The molecule has 0 amide bonds. The van der Waals surface area contributed by atoms with Gasteiger partial charge in [-0.25, -0.2) is 18.6 Å². The van der Waals surface area contributed by atoms with Crippen LogP contribution in [0.15, 0.2) is 36.4 Å². The molecule has 0 fully saturated rings. The molecule has 0 saturated carbocycles. The molecule has 0 bridgehead atoms. The van der Waals surface area contributed by atoms with Crippen LogP contribution in [-0.4, -0.2) is 29.3 Å². The summed E-state index contributed by atoms with van der Waals surface area (Å²) in [4.78, 5) is 16.0. The lowest BCUT2D eigenvalue weighted by molar-refractivity contribution is 0.0699. The first kappa shape index (κ1) is 15.3. The fourth-order valence-electron chi connectivity index (χ4n) is 2.77. The maximum Gasteiger partial charge on any atom is 0.336 e. The molecule has 0 radical (unpaired) electrons. The molecule has 126 valence electrons. The monoisotopic (exact) mass is 343 g/mol. The standard InChI is InChI=1S/C18H11F2NO4/c19-9-1-2-10(13(20)5-9)14-6-12(18(22)23)11-7-16-17(8-15(11)21-14)25-4-3-24-16/h1-2,5-8H,3-4H2,(H,22,23). The van der Waals surface area contributed by atoms with Gasteiger partial charge in [-0.15, -0.1) is 0 Å². The summed E-state index contributed by atoms with van der Waals surface area (Å²) in [6, 6.07) is 7.41. The summed E-state index contributed by atoms with van der Waals surface area (Å²) in [6.45, 7) is 0.740. The molecule has 5 nitrogen and oxygen atoms in total. The Kier molecular flexibility index (Phi) is 3.49. The molecule has 0 spiro atoms. The topological polar surface area (TPSA) is 68.7 Å². The Morgan fingerprint density at radius 1 is 1.04 bits per heavy atom. The summed E-state index contributed by atoms with van der Waals surface area (Å²) in [7, 11) is 0. The van der Waals surface area contributed by atoms with E-state index < -0.39 is 17.6 Å². The zero-order valence-electron chi connectivity index (χ0n) is 12.8. The Morgan fingerprint density at radius 3 is 2.44 bits per heavy atom. The Bertz CT molecular complexity index is 1020. The van der Waals surface area contributed by atoms with Crippen LogP contribution in [0.25, 0.3) is 22.2 Å². The smallest absolute Gasteiger partial charge is 0.336 e. The second-order valence-electron chi connectivity index (χ2n) is 5.50. The minimum absolute atomic E-state index is 0.0145. The zero-order chi connectivity index (χ0) is 17.6. The Morgan fingerprint density at radius 2 is 1.76 bits per heavy atom. The van der Waals surface area contributed by atoms with Gasteiger partial charge in [0.05, 0.1) is 16.8 Å². The molecular formula is C18H11F2NO4. The van der Waals surface area contributed by atoms with E-state index in [1.807, 2.05) is 0 Å². The van der Waals surface area contributed by atoms with Crippen molar-refractivity contribution in [3.63, 3.8) is 0 Å². The first-order valence-corrected chi connectivity index (χ1v) is 7.46. The van der Waals surface area contributed by atoms with Gasteiger partial charge in [0.25, 0.3) is 0 Å². The molecule has 1 aliphatic heterocycles. The van der Waals surface area contributed by atoms with Gasteiger partial charge < -0.3 is 14.6 Å². The third kappa shape index (κ3) is 2.63. The Balaban J connectivity index is 1.99. The van der Waals surface area contributed by atoms with Crippen molar-refractivity contribution in [3.05, 3.63) is 53.6 Å². The third-order valence-corrected chi connectivity index (χ3v) is 3.91. The second-order valence-corrected chi connectivity index (χ2v) is 5.50. The fraction of sp³-hybridized carbons (Fsp3) is 0.111. The summed E-state index contributed by atoms with van der Waals surface area (Å²) in [5.74, 6) is -1.85. The van der Waals surface area contributed by atoms with Crippen molar-refractivity contribution in [1.82, 2.24) is 4.98 Å². The summed E-state index contributed by atoms with van der Waals surface area (Å²) in [6.07, 6.45) is 0. The number of halogens is 2. The fourth-order valence-corrected chi connectivity index (χ4v) is 2.77. The van der Waals surface area contributed by atoms with Gasteiger partial charge in [0, 0.05) is 23.1 Å². The number of carboxylic acid groups (broad SMARTS) is 1. The highest BCUT2D eigenvalue weighted by Crippen LogP contribution is 2.36. The van der Waals surface area contributed by atoms with Gasteiger partial charge >= 0.3 is 5.97 Å². The normalized spacial score (nSPS) is 13.0. The van der Waals surface area contributed by atoms with Crippen LogP contribution in [0.5, 0.6) is 11.5 Å². The molecule has 7 heteroatoms. The van der Waals surface area contributed by atoms with Crippen LogP contribution in [0, 0.1) is 11.6 Å². The van der Waals surface area contributed by atoms with Crippen molar-refractivity contribution >= 4 is 16.9 Å². The third-order valence-electron chi connectivity index (χ3n) is 3.91. The summed E-state index contributed by atoms with van der Waals surface area (Å²) in [5, 5.41) is 9.87. The SMILES string of the molecule is O=C(O)c1cc(-c2ccc(F)cc2F)nc2cc3c(cc12)OCCO3. The lowest BCUT2D eigenvalue weighted by atomic mass is 10.0. The van der Waals surface area contributed by atoms with Crippen LogP contribution in [0.1, 0.15) is 10.4 Å². The van der Waals surface area contributed by atoms with Crippen molar-refractivity contribution < 1.29 is 28.2 Å². The molecule has 1 aliphatic rings. The quantitative estimate of drug-likeness (QED) is 0.769. The number of hydrogen-bond acceptors (Lipinski definition) is 4. The van der Waals surface area contributed by atoms with Crippen molar-refractivity contribution in [2.24, 2.45) is 0 Å². The largest absolute Gasteiger partial charge is 0.486 e. The van der Waals surface area contributed by atoms with Crippen molar-refractivity contribution in [2.45, 2.75) is 0 Å². The minimum atomic E-state index is -1.19. The van der Waals surface area contributed by atoms with Crippen LogP contribution in [-0.2, 0) is 0 Å². The lowest BCUT2D eigenvalue weighted by Gasteiger charge is -2.19. The highest BCUT2D eigenvalue weighted by atomic mass is 19.1. The number of carbonyl (C=O) groups is 1. The molecule has 0 atom stereocenters. The van der Waals surface area contributed by atoms with Crippen molar-refractivity contribution in [2.75, 3.05) is 13.2 Å². The van der Waals surface area contributed by atoms with E-state index in [0.29, 0.717) is 35.6 Å². The predicted octanol–water partition coefficient (Wildman–Crippen LogP) is 3.65. The lowest BCUT2D eigenvalue weighted by Crippen LogP contribution is -2.15. The van der Waals surface area contributed by atoms with Crippen molar-refractivity contribution in [3.8, 4) is 22.8 Å². The number of pyridine rings is 1. The first-order valence-electron chi connectivity index (χ1n) is 7.46. The molecule has 25 heavy (non-hydrogen) atoms. The Labute approximate surface area is 140 Å². The van der Waals surface area contributed by atoms with Crippen LogP contribution < -0.4 is 9.47 Å². The van der Waals surface area contributed by atoms with E-state index >= 15 is 0 Å². The van der Waals surface area contributed by atoms with E-state index in [9.17, 15) is 18.7 Å². The average Bonchev–Trinajstić information content (AvgIpc) is 2.59. The zero-order valence-corrected chi connectivity index (χ0v) is 12.8. The Hall–Kier alpha value is -3.22. The molecule has 0 aliphatic carbocycles. The number of rotatable bonds is 2. The van der Waals surface area contributed by atoms with Gasteiger partial charge in [0.2, 0.25) is 0 Å². The number of aromatic carboxylic acids is 1. The van der Waals surface area contributed by atoms with Gasteiger partial charge in [-0.1, -0.05) is 0 Å². The van der Waals surface area contributed by atoms with Crippen LogP contribution in [0.4, 0.5) is 8.78 Å². The maximum atomic E-state index is 14.1. The molecule has 2 heterocycles. The number of fused-ring (bicyclic) bond motifs is 2. The van der Waals surface area contributed by atoms with E-state index in [4.69, 9.17) is 9.47 Å². The van der Waals surface area contributed by atoms with Gasteiger partial charge in [-0.2, -0.15) is 0 Å². The van der Waals surface area contributed by atoms with Crippen LogP contribution in [0.3, 0.4) is 0 Å². The molecular weight excluding hydrogens is 332 g/mol. The average molecular weight is 343 g/mol. The molecule has 3 aromatic rings. The molecule has 0 unspecified atom stereocenters. The van der Waals surface area contributed by atoms with Gasteiger partial charge in [0.15, 0.2) is 11.5 Å². The number of ether oxygens (including phenoxy) is 2. The number of nitrogens with zero attached hydrogens (tertiary/aromatic N) is 1. The summed E-state index contributed by atoms with van der Waals surface area (Å²) in [5.41, 5.74) is 0.378. The van der Waals surface area contributed by atoms with Gasteiger partial charge in [0.1, 0.15) is 24.8 Å². The van der Waals surface area contributed by atoms with Crippen LogP contribution in [0.2, 0.25) is 0 Å². The highest BCUT2D eigenvalue weighted by Gasteiger charge is 2.20.